The Bertz CT molecular complexity index is 929. The topological polar surface area (TPSA) is 75.9 Å². The minimum absolute atomic E-state index is 0.0480. The van der Waals surface area contributed by atoms with Gasteiger partial charge >= 0.3 is 6.18 Å². The van der Waals surface area contributed by atoms with Crippen molar-refractivity contribution in [2.45, 2.75) is 19.1 Å². The van der Waals surface area contributed by atoms with Gasteiger partial charge in [0.1, 0.15) is 0 Å². The quantitative estimate of drug-likeness (QED) is 0.448. The van der Waals surface area contributed by atoms with E-state index in [1.165, 1.54) is 29.2 Å². The molecule has 0 atom stereocenters. The van der Waals surface area contributed by atoms with Crippen LogP contribution in [-0.2, 0) is 17.5 Å². The van der Waals surface area contributed by atoms with E-state index in [4.69, 9.17) is 4.74 Å². The van der Waals surface area contributed by atoms with Gasteiger partial charge in [-0.15, -0.1) is 0 Å². The third-order valence-corrected chi connectivity index (χ3v) is 5.25. The fraction of sp³-hybridized carbons (Fsp3) is 0.409. The summed E-state index contributed by atoms with van der Waals surface area (Å²) < 4.78 is 44.6. The summed E-state index contributed by atoms with van der Waals surface area (Å²) in [6.07, 6.45) is -3.91. The molecule has 10 heteroatoms. The molecule has 1 amide bonds. The number of non-ortho nitro benzene ring substituents is 1. The molecule has 0 radical (unpaired) electrons. The number of hydrogen-bond donors (Lipinski definition) is 0. The van der Waals surface area contributed by atoms with Crippen molar-refractivity contribution in [3.05, 3.63) is 75.3 Å². The number of carbonyl (C=O) groups excluding carboxylic acids is 1. The first-order chi connectivity index (χ1) is 15.2. The van der Waals surface area contributed by atoms with Crippen LogP contribution in [0.15, 0.2) is 48.5 Å². The van der Waals surface area contributed by atoms with E-state index in [1.807, 2.05) is 0 Å². The summed E-state index contributed by atoms with van der Waals surface area (Å²) in [7, 11) is 0. The number of ether oxygens (including phenoxy) is 1. The molecule has 0 aliphatic carbocycles. The van der Waals surface area contributed by atoms with Gasteiger partial charge in [0.15, 0.2) is 0 Å². The number of nitro benzene ring substituents is 1. The fourth-order valence-electron chi connectivity index (χ4n) is 3.52. The van der Waals surface area contributed by atoms with Crippen molar-refractivity contribution in [1.82, 2.24) is 9.80 Å². The highest BCUT2D eigenvalue weighted by Gasteiger charge is 2.31. The van der Waals surface area contributed by atoms with Gasteiger partial charge in [-0.25, -0.2) is 0 Å². The lowest BCUT2D eigenvalue weighted by Crippen LogP contribution is -2.39. The van der Waals surface area contributed by atoms with Gasteiger partial charge in [-0.2, -0.15) is 13.2 Å². The molecule has 172 valence electrons. The first-order valence-corrected chi connectivity index (χ1v) is 10.2. The molecule has 0 spiro atoms. The number of benzene rings is 2. The van der Waals surface area contributed by atoms with Crippen LogP contribution in [0.4, 0.5) is 18.9 Å². The molecule has 1 heterocycles. The van der Waals surface area contributed by atoms with Gasteiger partial charge in [-0.05, 0) is 30.2 Å². The zero-order chi connectivity index (χ0) is 23.1. The second kappa shape index (κ2) is 10.6. The summed E-state index contributed by atoms with van der Waals surface area (Å²) >= 11 is 0. The maximum absolute atomic E-state index is 13.1. The molecule has 3 rings (SSSR count). The van der Waals surface area contributed by atoms with Crippen LogP contribution in [0.25, 0.3) is 0 Å². The molecule has 0 unspecified atom stereocenters. The van der Waals surface area contributed by atoms with Gasteiger partial charge in [-0.3, -0.25) is 19.8 Å². The highest BCUT2D eigenvalue weighted by Crippen LogP contribution is 2.30. The number of amides is 1. The molecule has 1 aliphatic heterocycles. The number of halogens is 3. The Morgan fingerprint density at radius 1 is 1.12 bits per heavy atom. The predicted octanol–water partition coefficient (Wildman–Crippen LogP) is 3.98. The number of rotatable bonds is 8. The van der Waals surface area contributed by atoms with Gasteiger partial charge in [0, 0.05) is 50.4 Å². The molecule has 0 N–H and O–H groups in total. The molecule has 0 bridgehead atoms. The first-order valence-electron chi connectivity index (χ1n) is 10.2. The molecule has 32 heavy (non-hydrogen) atoms. The summed E-state index contributed by atoms with van der Waals surface area (Å²) in [4.78, 5) is 27.1. The van der Waals surface area contributed by atoms with Crippen LogP contribution in [0.3, 0.4) is 0 Å². The van der Waals surface area contributed by atoms with Crippen LogP contribution in [-0.4, -0.2) is 60.0 Å². The maximum atomic E-state index is 13.1. The summed E-state index contributed by atoms with van der Waals surface area (Å²) in [6.45, 7) is 4.09. The summed E-state index contributed by atoms with van der Waals surface area (Å²) in [5.41, 5.74) is -0.348. The van der Waals surface area contributed by atoms with Crippen LogP contribution in [0.5, 0.6) is 0 Å². The van der Waals surface area contributed by atoms with Crippen molar-refractivity contribution in [2.75, 3.05) is 39.4 Å². The molecule has 1 saturated heterocycles. The van der Waals surface area contributed by atoms with Gasteiger partial charge in [0.25, 0.3) is 11.6 Å². The van der Waals surface area contributed by atoms with E-state index in [0.29, 0.717) is 31.7 Å². The highest BCUT2D eigenvalue weighted by molar-refractivity contribution is 5.94. The SMILES string of the molecule is O=C(c1cccc(C(F)(F)F)c1)N(CCCN1CCOCC1)Cc1ccc([N+](=O)[O-])cc1. The third-order valence-electron chi connectivity index (χ3n) is 5.25. The lowest BCUT2D eigenvalue weighted by molar-refractivity contribution is -0.384. The largest absolute Gasteiger partial charge is 0.416 e. The molecule has 7 nitrogen and oxygen atoms in total. The van der Waals surface area contributed by atoms with Crippen LogP contribution in [0.2, 0.25) is 0 Å². The summed E-state index contributed by atoms with van der Waals surface area (Å²) in [5, 5.41) is 10.9. The van der Waals surface area contributed by atoms with E-state index >= 15 is 0 Å². The minimum Gasteiger partial charge on any atom is -0.379 e. The van der Waals surface area contributed by atoms with E-state index in [1.54, 1.807) is 12.1 Å². The molecular formula is C22H24F3N3O4. The standard InChI is InChI=1S/C22H24F3N3O4/c23-22(24,25)19-4-1-3-18(15-19)21(29)27(10-2-9-26-11-13-32-14-12-26)16-17-5-7-20(8-6-17)28(30)31/h1,3-8,15H,2,9-14,16H2. The number of morpholine rings is 1. The molecule has 0 saturated carbocycles. The Hall–Kier alpha value is -2.98. The lowest BCUT2D eigenvalue weighted by Gasteiger charge is -2.28. The van der Waals surface area contributed by atoms with E-state index in [-0.39, 0.29) is 17.8 Å². The number of carbonyl (C=O) groups is 1. The summed E-state index contributed by atoms with van der Waals surface area (Å²) in [6, 6.07) is 10.1. The van der Waals surface area contributed by atoms with Crippen molar-refractivity contribution in [2.24, 2.45) is 0 Å². The number of hydrogen-bond acceptors (Lipinski definition) is 5. The zero-order valence-corrected chi connectivity index (χ0v) is 17.4. The van der Waals surface area contributed by atoms with Crippen LogP contribution >= 0.6 is 0 Å². The molecule has 1 aliphatic rings. The normalized spacial score (nSPS) is 14.8. The van der Waals surface area contributed by atoms with Gasteiger partial charge < -0.3 is 9.64 Å². The fourth-order valence-corrected chi connectivity index (χ4v) is 3.52. The van der Waals surface area contributed by atoms with Crippen molar-refractivity contribution >= 4 is 11.6 Å². The van der Waals surface area contributed by atoms with Crippen molar-refractivity contribution in [3.63, 3.8) is 0 Å². The zero-order valence-electron chi connectivity index (χ0n) is 17.4. The number of alkyl halides is 3. The summed E-state index contributed by atoms with van der Waals surface area (Å²) in [5.74, 6) is -0.517. The van der Waals surface area contributed by atoms with Crippen molar-refractivity contribution in [3.8, 4) is 0 Å². The van der Waals surface area contributed by atoms with Gasteiger partial charge in [0.2, 0.25) is 0 Å². The predicted molar refractivity (Wildman–Crippen MR) is 111 cm³/mol. The first kappa shape index (κ1) is 23.7. The van der Waals surface area contributed by atoms with Gasteiger partial charge in [0.05, 0.1) is 23.7 Å². The Morgan fingerprint density at radius 3 is 2.44 bits per heavy atom. The van der Waals surface area contributed by atoms with Gasteiger partial charge in [-0.1, -0.05) is 18.2 Å². The van der Waals surface area contributed by atoms with E-state index < -0.39 is 22.6 Å². The van der Waals surface area contributed by atoms with Crippen LogP contribution in [0.1, 0.15) is 27.9 Å². The lowest BCUT2D eigenvalue weighted by atomic mass is 10.1. The minimum atomic E-state index is -4.55. The Balaban J connectivity index is 1.75. The molecular weight excluding hydrogens is 427 g/mol. The highest BCUT2D eigenvalue weighted by atomic mass is 19.4. The van der Waals surface area contributed by atoms with E-state index in [9.17, 15) is 28.1 Å². The average molecular weight is 451 g/mol. The van der Waals surface area contributed by atoms with E-state index in [0.717, 1.165) is 31.8 Å². The Kier molecular flexibility index (Phi) is 7.81. The monoisotopic (exact) mass is 451 g/mol. The molecule has 2 aromatic carbocycles. The van der Waals surface area contributed by atoms with Crippen molar-refractivity contribution < 1.29 is 27.6 Å². The molecule has 1 fully saturated rings. The third kappa shape index (κ3) is 6.51. The second-order valence-corrected chi connectivity index (χ2v) is 7.54. The van der Waals surface area contributed by atoms with Crippen LogP contribution < -0.4 is 0 Å². The Morgan fingerprint density at radius 2 is 1.81 bits per heavy atom. The number of nitrogens with zero attached hydrogens (tertiary/aromatic N) is 3. The average Bonchev–Trinajstić information content (AvgIpc) is 2.78. The number of nitro groups is 1. The maximum Gasteiger partial charge on any atom is 0.416 e. The second-order valence-electron chi connectivity index (χ2n) is 7.54. The Labute approximate surface area is 183 Å². The smallest absolute Gasteiger partial charge is 0.379 e. The molecule has 0 aromatic heterocycles. The van der Waals surface area contributed by atoms with Crippen LogP contribution in [0, 0.1) is 10.1 Å². The molecule has 2 aromatic rings. The van der Waals surface area contributed by atoms with E-state index in [2.05, 4.69) is 4.90 Å². The van der Waals surface area contributed by atoms with Crippen molar-refractivity contribution in [1.29, 1.82) is 0 Å².